The van der Waals surface area contributed by atoms with E-state index in [0.29, 0.717) is 10.6 Å². The van der Waals surface area contributed by atoms with Gasteiger partial charge in [-0.3, -0.25) is 4.79 Å². The van der Waals surface area contributed by atoms with Crippen LogP contribution in [0.4, 0.5) is 11.4 Å². The number of aromatic hydroxyl groups is 1. The van der Waals surface area contributed by atoms with Gasteiger partial charge in [0.2, 0.25) is 5.91 Å². The molecule has 0 saturated carbocycles. The number of benzene rings is 2. The Balaban J connectivity index is 1.72. The zero-order chi connectivity index (χ0) is 20.0. The largest absolute Gasteiger partial charge is 0.506 e. The maximum absolute atomic E-state index is 12.1. The predicted octanol–water partition coefficient (Wildman–Crippen LogP) is 6.12. The van der Waals surface area contributed by atoms with Crippen molar-refractivity contribution in [3.63, 3.8) is 0 Å². The molecule has 4 rings (SSSR count). The highest BCUT2D eigenvalue weighted by molar-refractivity contribution is 6.35. The number of rotatable bonds is 3. The number of nitrogens with one attached hydrogen (secondary N) is 2. The first-order valence-corrected chi connectivity index (χ1v) is 10.2. The van der Waals surface area contributed by atoms with E-state index in [1.807, 2.05) is 32.0 Å². The van der Waals surface area contributed by atoms with Gasteiger partial charge in [0, 0.05) is 33.8 Å². The molecule has 0 radical (unpaired) electrons. The van der Waals surface area contributed by atoms with Crippen molar-refractivity contribution in [2.45, 2.75) is 32.2 Å². The summed E-state index contributed by atoms with van der Waals surface area (Å²) in [5.74, 6) is 0.406. The molecular formula is C22H22Cl2N2O2. The predicted molar refractivity (Wildman–Crippen MR) is 114 cm³/mol. The number of anilines is 2. The number of halogens is 2. The monoisotopic (exact) mass is 416 g/mol. The smallest absolute Gasteiger partial charge is 0.226 e. The van der Waals surface area contributed by atoms with Crippen molar-refractivity contribution in [1.82, 2.24) is 0 Å². The Kier molecular flexibility index (Phi) is 5.02. The van der Waals surface area contributed by atoms with Crippen LogP contribution in [0.3, 0.4) is 0 Å². The van der Waals surface area contributed by atoms with Crippen LogP contribution in [0, 0.1) is 11.8 Å². The van der Waals surface area contributed by atoms with E-state index in [2.05, 4.69) is 22.8 Å². The molecule has 1 aliphatic carbocycles. The van der Waals surface area contributed by atoms with Gasteiger partial charge in [0.15, 0.2) is 0 Å². The van der Waals surface area contributed by atoms with Gasteiger partial charge in [-0.15, -0.1) is 0 Å². The van der Waals surface area contributed by atoms with Gasteiger partial charge in [-0.25, -0.2) is 0 Å². The summed E-state index contributed by atoms with van der Waals surface area (Å²) in [6, 6.07) is 9.12. The number of hydrogen-bond donors (Lipinski definition) is 3. The SMILES string of the molecule is CC(C)C(=O)Nc1ccc2c(c1)C1C=CCC1C(c1cc(Cl)cc(Cl)c1O)N2. The average Bonchev–Trinajstić information content (AvgIpc) is 3.14. The van der Waals surface area contributed by atoms with Gasteiger partial charge in [-0.2, -0.15) is 0 Å². The summed E-state index contributed by atoms with van der Waals surface area (Å²) >= 11 is 12.4. The fourth-order valence-corrected chi connectivity index (χ4v) is 4.60. The molecule has 28 heavy (non-hydrogen) atoms. The highest BCUT2D eigenvalue weighted by Crippen LogP contribution is 2.52. The summed E-state index contributed by atoms with van der Waals surface area (Å²) in [5.41, 5.74) is 3.63. The van der Waals surface area contributed by atoms with Crippen LogP contribution in [-0.4, -0.2) is 11.0 Å². The summed E-state index contributed by atoms with van der Waals surface area (Å²) in [5, 5.41) is 17.8. The molecule has 2 aliphatic rings. The minimum absolute atomic E-state index is 0.00130. The lowest BCUT2D eigenvalue weighted by Crippen LogP contribution is -2.29. The molecule has 1 heterocycles. The molecule has 6 heteroatoms. The molecule has 3 atom stereocenters. The first kappa shape index (κ1) is 19.2. The lowest BCUT2D eigenvalue weighted by molar-refractivity contribution is -0.118. The molecule has 0 aromatic heterocycles. The maximum Gasteiger partial charge on any atom is 0.226 e. The van der Waals surface area contributed by atoms with Crippen LogP contribution in [0.15, 0.2) is 42.5 Å². The minimum atomic E-state index is -0.111. The highest BCUT2D eigenvalue weighted by atomic mass is 35.5. The Bertz CT molecular complexity index is 971. The van der Waals surface area contributed by atoms with Crippen LogP contribution >= 0.6 is 23.2 Å². The molecule has 2 aromatic rings. The molecule has 0 saturated heterocycles. The summed E-state index contributed by atoms with van der Waals surface area (Å²) in [6.07, 6.45) is 5.25. The second-order valence-corrected chi connectivity index (χ2v) is 8.59. The van der Waals surface area contributed by atoms with E-state index in [9.17, 15) is 9.90 Å². The van der Waals surface area contributed by atoms with E-state index in [4.69, 9.17) is 23.2 Å². The van der Waals surface area contributed by atoms with Crippen LogP contribution < -0.4 is 10.6 Å². The molecule has 2 aromatic carbocycles. The summed E-state index contributed by atoms with van der Waals surface area (Å²) < 4.78 is 0. The zero-order valence-corrected chi connectivity index (χ0v) is 17.2. The van der Waals surface area contributed by atoms with Gasteiger partial charge >= 0.3 is 0 Å². The van der Waals surface area contributed by atoms with E-state index in [1.54, 1.807) is 12.1 Å². The normalized spacial score (nSPS) is 22.5. The summed E-state index contributed by atoms with van der Waals surface area (Å²) in [6.45, 7) is 3.75. The molecule has 1 amide bonds. The second-order valence-electron chi connectivity index (χ2n) is 7.75. The quantitative estimate of drug-likeness (QED) is 0.528. The van der Waals surface area contributed by atoms with E-state index in [-0.39, 0.29) is 40.5 Å². The summed E-state index contributed by atoms with van der Waals surface area (Å²) in [4.78, 5) is 12.1. The highest BCUT2D eigenvalue weighted by Gasteiger charge is 2.39. The first-order valence-electron chi connectivity index (χ1n) is 9.41. The van der Waals surface area contributed by atoms with Gasteiger partial charge in [0.25, 0.3) is 0 Å². The fraction of sp³-hybridized carbons (Fsp3) is 0.318. The Morgan fingerprint density at radius 1 is 1.21 bits per heavy atom. The van der Waals surface area contributed by atoms with Gasteiger partial charge in [0.1, 0.15) is 5.75 Å². The third-order valence-corrected chi connectivity index (χ3v) is 6.05. The molecule has 0 spiro atoms. The lowest BCUT2D eigenvalue weighted by atomic mass is 9.76. The van der Waals surface area contributed by atoms with Gasteiger partial charge in [-0.1, -0.05) is 49.2 Å². The van der Waals surface area contributed by atoms with Crippen LogP contribution in [0.5, 0.6) is 5.75 Å². The number of allylic oxidation sites excluding steroid dienone is 2. The molecule has 0 fully saturated rings. The van der Waals surface area contributed by atoms with Gasteiger partial charge < -0.3 is 15.7 Å². The van der Waals surface area contributed by atoms with Crippen LogP contribution in [0.1, 0.15) is 43.4 Å². The Morgan fingerprint density at radius 2 is 2.00 bits per heavy atom. The Morgan fingerprint density at radius 3 is 2.75 bits per heavy atom. The Labute approximate surface area is 174 Å². The number of amides is 1. The number of fused-ring (bicyclic) bond motifs is 3. The first-order chi connectivity index (χ1) is 13.3. The second kappa shape index (κ2) is 7.34. The molecule has 4 nitrogen and oxygen atoms in total. The third kappa shape index (κ3) is 3.36. The van der Waals surface area contributed by atoms with Gasteiger partial charge in [-0.05, 0) is 48.2 Å². The van der Waals surface area contributed by atoms with Crippen molar-refractivity contribution < 1.29 is 9.90 Å². The van der Waals surface area contributed by atoms with Crippen LogP contribution in [-0.2, 0) is 4.79 Å². The third-order valence-electron chi connectivity index (χ3n) is 5.55. The Hall–Kier alpha value is -2.17. The standard InChI is InChI=1S/C22H22Cl2N2O2/c1-11(2)22(28)25-13-6-7-19-16(10-13)14-4-3-5-15(14)20(26-19)17-8-12(23)9-18(24)21(17)27/h3-4,6-11,14-15,20,26-27H,5H2,1-2H3,(H,25,28). The maximum atomic E-state index is 12.1. The van der Waals surface area contributed by atoms with E-state index in [0.717, 1.165) is 23.4 Å². The molecule has 0 bridgehead atoms. The van der Waals surface area contributed by atoms with Crippen LogP contribution in [0.2, 0.25) is 10.0 Å². The van der Waals surface area contributed by atoms with Crippen molar-refractivity contribution in [2.24, 2.45) is 11.8 Å². The zero-order valence-electron chi connectivity index (χ0n) is 15.7. The number of phenols is 1. The van der Waals surface area contributed by atoms with E-state index in [1.165, 1.54) is 0 Å². The summed E-state index contributed by atoms with van der Waals surface area (Å²) in [7, 11) is 0. The molecule has 146 valence electrons. The topological polar surface area (TPSA) is 61.4 Å². The molecular weight excluding hydrogens is 395 g/mol. The number of carbonyl (C=O) groups is 1. The minimum Gasteiger partial charge on any atom is -0.506 e. The van der Waals surface area contributed by atoms with Crippen LogP contribution in [0.25, 0.3) is 0 Å². The molecule has 1 aliphatic heterocycles. The van der Waals surface area contributed by atoms with Crippen molar-refractivity contribution in [3.8, 4) is 5.75 Å². The fourth-order valence-electron chi connectivity index (χ4n) is 4.09. The number of carbonyl (C=O) groups excluding carboxylic acids is 1. The van der Waals surface area contributed by atoms with Crippen molar-refractivity contribution in [3.05, 3.63) is 63.7 Å². The van der Waals surface area contributed by atoms with E-state index < -0.39 is 0 Å². The van der Waals surface area contributed by atoms with Gasteiger partial charge in [0.05, 0.1) is 11.1 Å². The lowest BCUT2D eigenvalue weighted by Gasteiger charge is -2.38. The number of phenolic OH excluding ortho intramolecular Hbond substituents is 1. The molecule has 3 N–H and O–H groups in total. The number of hydrogen-bond acceptors (Lipinski definition) is 3. The van der Waals surface area contributed by atoms with Crippen molar-refractivity contribution >= 4 is 40.5 Å². The van der Waals surface area contributed by atoms with Crippen molar-refractivity contribution in [2.75, 3.05) is 10.6 Å². The van der Waals surface area contributed by atoms with E-state index >= 15 is 0 Å². The average molecular weight is 417 g/mol. The molecule has 3 unspecified atom stereocenters. The van der Waals surface area contributed by atoms with Crippen molar-refractivity contribution in [1.29, 1.82) is 0 Å².